The Morgan fingerprint density at radius 2 is 2.07 bits per heavy atom. The summed E-state index contributed by atoms with van der Waals surface area (Å²) in [7, 11) is 1.77. The molecule has 7 heteroatoms. The molecule has 1 heterocycles. The molecule has 156 valence electrons. The Morgan fingerprint density at radius 3 is 2.77 bits per heavy atom. The number of nitrogens with zero attached hydrogens (tertiary/aromatic N) is 2. The number of anilines is 1. The fraction of sp³-hybridized carbons (Fsp3) is 0.261. The van der Waals surface area contributed by atoms with Crippen LogP contribution in [0.25, 0.3) is 11.3 Å². The van der Waals surface area contributed by atoms with E-state index < -0.39 is 6.09 Å². The van der Waals surface area contributed by atoms with Crippen molar-refractivity contribution in [3.63, 3.8) is 0 Å². The minimum atomic E-state index is -0.569. The number of amides is 1. The standard InChI is InChI=1S/C23H27N5O2/c1-5-25-13-18-8-7-17(11-20(18)24)14-30-23(29)26-22-12-21(27-28(22)4)19-9-6-15(2)10-16(19)3/h6-13,24-25H,5,14H2,1-4H3,(H,26,29)/b18-13-,24-20?. The van der Waals surface area contributed by atoms with Gasteiger partial charge in [-0.2, -0.15) is 5.10 Å². The zero-order chi connectivity index (χ0) is 21.7. The Morgan fingerprint density at radius 1 is 1.27 bits per heavy atom. The largest absolute Gasteiger partial charge is 0.444 e. The molecule has 0 bridgehead atoms. The van der Waals surface area contributed by atoms with Crippen molar-refractivity contribution in [2.24, 2.45) is 7.05 Å². The van der Waals surface area contributed by atoms with Crippen molar-refractivity contribution >= 4 is 17.6 Å². The van der Waals surface area contributed by atoms with Crippen LogP contribution in [0.1, 0.15) is 18.1 Å². The first-order valence-corrected chi connectivity index (χ1v) is 9.84. The van der Waals surface area contributed by atoms with Gasteiger partial charge in [0.1, 0.15) is 12.4 Å². The van der Waals surface area contributed by atoms with Crippen LogP contribution in [-0.4, -0.2) is 34.7 Å². The molecule has 1 aromatic carbocycles. The minimum absolute atomic E-state index is 0.0843. The molecule has 0 fully saturated rings. The van der Waals surface area contributed by atoms with Crippen molar-refractivity contribution in [3.05, 3.63) is 71.0 Å². The van der Waals surface area contributed by atoms with E-state index in [9.17, 15) is 4.79 Å². The lowest BCUT2D eigenvalue weighted by Crippen LogP contribution is -2.18. The molecule has 1 aliphatic carbocycles. The summed E-state index contributed by atoms with van der Waals surface area (Å²) in [6, 6.07) is 8.00. The molecule has 0 unspecified atom stereocenters. The predicted octanol–water partition coefficient (Wildman–Crippen LogP) is 4.26. The highest BCUT2D eigenvalue weighted by molar-refractivity contribution is 6.10. The second-order valence-corrected chi connectivity index (χ2v) is 7.18. The van der Waals surface area contributed by atoms with Gasteiger partial charge >= 0.3 is 6.09 Å². The molecule has 0 aliphatic heterocycles. The normalized spacial score (nSPS) is 14.6. The Kier molecular flexibility index (Phi) is 6.51. The van der Waals surface area contributed by atoms with E-state index in [0.717, 1.165) is 34.5 Å². The molecule has 3 N–H and O–H groups in total. The molecule has 1 amide bonds. The molecule has 0 radical (unpaired) electrons. The van der Waals surface area contributed by atoms with Crippen molar-refractivity contribution in [3.8, 4) is 11.3 Å². The number of aromatic nitrogens is 2. The third-order valence-corrected chi connectivity index (χ3v) is 4.72. The number of carbonyl (C=O) groups is 1. The topological polar surface area (TPSA) is 92.0 Å². The van der Waals surface area contributed by atoms with Crippen molar-refractivity contribution in [1.29, 1.82) is 5.41 Å². The second kappa shape index (κ2) is 9.26. The first kappa shape index (κ1) is 21.1. The lowest BCUT2D eigenvalue weighted by molar-refractivity contribution is 0.172. The number of carbonyl (C=O) groups excluding carboxylic acids is 1. The predicted molar refractivity (Wildman–Crippen MR) is 120 cm³/mol. The smallest absolute Gasteiger partial charge is 0.413 e. The van der Waals surface area contributed by atoms with Crippen LogP contribution in [0.15, 0.2) is 59.8 Å². The van der Waals surface area contributed by atoms with E-state index in [-0.39, 0.29) is 6.61 Å². The van der Waals surface area contributed by atoms with Crippen LogP contribution < -0.4 is 10.6 Å². The van der Waals surface area contributed by atoms with Gasteiger partial charge < -0.3 is 15.5 Å². The van der Waals surface area contributed by atoms with Crippen LogP contribution in [-0.2, 0) is 11.8 Å². The second-order valence-electron chi connectivity index (χ2n) is 7.18. The van der Waals surface area contributed by atoms with Gasteiger partial charge in [-0.3, -0.25) is 10.00 Å². The third-order valence-electron chi connectivity index (χ3n) is 4.72. The van der Waals surface area contributed by atoms with Crippen LogP contribution in [0.4, 0.5) is 10.6 Å². The molecule has 1 aromatic heterocycles. The Balaban J connectivity index is 1.60. The number of rotatable bonds is 6. The van der Waals surface area contributed by atoms with E-state index in [4.69, 9.17) is 10.1 Å². The van der Waals surface area contributed by atoms with Crippen LogP contribution in [0.2, 0.25) is 0 Å². The van der Waals surface area contributed by atoms with Crippen molar-refractivity contribution in [2.45, 2.75) is 20.8 Å². The highest BCUT2D eigenvalue weighted by atomic mass is 16.5. The van der Waals surface area contributed by atoms with Gasteiger partial charge in [0.2, 0.25) is 0 Å². The van der Waals surface area contributed by atoms with Gasteiger partial charge in [-0.15, -0.1) is 0 Å². The van der Waals surface area contributed by atoms with E-state index in [2.05, 4.69) is 28.7 Å². The Hall–Kier alpha value is -3.61. The maximum absolute atomic E-state index is 12.3. The van der Waals surface area contributed by atoms with Gasteiger partial charge in [-0.25, -0.2) is 4.79 Å². The maximum atomic E-state index is 12.3. The fourth-order valence-electron chi connectivity index (χ4n) is 3.14. The van der Waals surface area contributed by atoms with E-state index in [1.54, 1.807) is 24.0 Å². The number of aryl methyl sites for hydroxylation is 3. The summed E-state index contributed by atoms with van der Waals surface area (Å²) in [6.07, 6.45) is 6.60. The molecular formula is C23H27N5O2. The van der Waals surface area contributed by atoms with E-state index >= 15 is 0 Å². The molecule has 0 spiro atoms. The summed E-state index contributed by atoms with van der Waals surface area (Å²) in [5.74, 6) is 0.548. The zero-order valence-electron chi connectivity index (χ0n) is 17.7. The van der Waals surface area contributed by atoms with Gasteiger partial charge in [-0.1, -0.05) is 35.9 Å². The molecule has 0 saturated carbocycles. The summed E-state index contributed by atoms with van der Waals surface area (Å²) in [5, 5.41) is 18.4. The molecule has 7 nitrogen and oxygen atoms in total. The van der Waals surface area contributed by atoms with E-state index in [1.165, 1.54) is 5.56 Å². The number of allylic oxidation sites excluding steroid dienone is 3. The summed E-state index contributed by atoms with van der Waals surface area (Å²) < 4.78 is 6.93. The van der Waals surface area contributed by atoms with E-state index in [1.807, 2.05) is 44.2 Å². The Labute approximate surface area is 176 Å². The first-order chi connectivity index (χ1) is 14.4. The van der Waals surface area contributed by atoms with Crippen LogP contribution >= 0.6 is 0 Å². The highest BCUT2D eigenvalue weighted by Crippen LogP contribution is 2.25. The van der Waals surface area contributed by atoms with Crippen LogP contribution in [0.3, 0.4) is 0 Å². The summed E-state index contributed by atoms with van der Waals surface area (Å²) in [4.78, 5) is 12.3. The Bertz CT molecular complexity index is 1060. The number of ether oxygens (including phenoxy) is 1. The molecule has 0 saturated heterocycles. The average molecular weight is 406 g/mol. The maximum Gasteiger partial charge on any atom is 0.413 e. The first-order valence-electron chi connectivity index (χ1n) is 9.84. The fourth-order valence-corrected chi connectivity index (χ4v) is 3.14. The lowest BCUT2D eigenvalue weighted by Gasteiger charge is -2.12. The van der Waals surface area contributed by atoms with Gasteiger partial charge in [0.15, 0.2) is 0 Å². The summed E-state index contributed by atoms with van der Waals surface area (Å²) >= 11 is 0. The third kappa shape index (κ3) is 5.05. The quantitative estimate of drug-likeness (QED) is 0.669. The SMILES string of the molecule is CCN/C=C1/C=CC(COC(=O)Nc2cc(-c3ccc(C)cc3C)nn2C)=CC1=N. The van der Waals surface area contributed by atoms with Crippen LogP contribution in [0, 0.1) is 19.3 Å². The zero-order valence-corrected chi connectivity index (χ0v) is 17.7. The van der Waals surface area contributed by atoms with Crippen molar-refractivity contribution in [2.75, 3.05) is 18.5 Å². The molecule has 30 heavy (non-hydrogen) atoms. The highest BCUT2D eigenvalue weighted by Gasteiger charge is 2.14. The molecule has 3 rings (SSSR count). The summed E-state index contributed by atoms with van der Waals surface area (Å²) in [6.45, 7) is 6.97. The van der Waals surface area contributed by atoms with E-state index in [0.29, 0.717) is 11.5 Å². The molecule has 2 aromatic rings. The molecule has 1 aliphatic rings. The van der Waals surface area contributed by atoms with Gasteiger partial charge in [0, 0.05) is 37.0 Å². The summed E-state index contributed by atoms with van der Waals surface area (Å²) in [5.41, 5.74) is 6.05. The van der Waals surface area contributed by atoms with Crippen LogP contribution in [0.5, 0.6) is 0 Å². The molecule has 0 atom stereocenters. The number of benzene rings is 1. The average Bonchev–Trinajstić information content (AvgIpc) is 3.05. The van der Waals surface area contributed by atoms with Crippen molar-refractivity contribution < 1.29 is 9.53 Å². The lowest BCUT2D eigenvalue weighted by atomic mass is 10.0. The monoisotopic (exact) mass is 405 g/mol. The number of hydrogen-bond acceptors (Lipinski definition) is 5. The molecular weight excluding hydrogens is 378 g/mol. The number of hydrogen-bond donors (Lipinski definition) is 3. The number of nitrogens with one attached hydrogen (secondary N) is 3. The minimum Gasteiger partial charge on any atom is -0.444 e. The van der Waals surface area contributed by atoms with Gasteiger partial charge in [0.05, 0.1) is 11.4 Å². The van der Waals surface area contributed by atoms with Gasteiger partial charge in [0.25, 0.3) is 0 Å². The van der Waals surface area contributed by atoms with Crippen molar-refractivity contribution in [1.82, 2.24) is 15.1 Å². The van der Waals surface area contributed by atoms with Gasteiger partial charge in [-0.05, 0) is 38.0 Å².